The maximum Gasteiger partial charge on any atom is 0.224 e. The third-order valence-electron chi connectivity index (χ3n) is 4.36. The highest BCUT2D eigenvalue weighted by Gasteiger charge is 2.05. The van der Waals surface area contributed by atoms with E-state index in [0.29, 0.717) is 17.9 Å². The average molecular weight is 388 g/mol. The molecule has 2 rings (SSSR count). The quantitative estimate of drug-likeness (QED) is 0.488. The number of carbonyl (C=O) groups excluding carboxylic acids is 2. The van der Waals surface area contributed by atoms with Gasteiger partial charge >= 0.3 is 0 Å². The second-order valence-electron chi connectivity index (χ2n) is 6.71. The summed E-state index contributed by atoms with van der Waals surface area (Å²) in [7, 11) is 0. The van der Waals surface area contributed by atoms with E-state index in [1.807, 2.05) is 18.2 Å². The molecule has 0 unspecified atom stereocenters. The maximum atomic E-state index is 11.9. The summed E-state index contributed by atoms with van der Waals surface area (Å²) in [6.45, 7) is 0. The number of allylic oxidation sites excluding steroid dienone is 3. The molecule has 0 saturated carbocycles. The molecule has 0 aromatic heterocycles. The summed E-state index contributed by atoms with van der Waals surface area (Å²) < 4.78 is 0. The van der Waals surface area contributed by atoms with E-state index < -0.39 is 0 Å². The van der Waals surface area contributed by atoms with Crippen LogP contribution >= 0.6 is 11.6 Å². The second-order valence-corrected chi connectivity index (χ2v) is 7.15. The number of halogens is 1. The zero-order valence-electron chi connectivity index (χ0n) is 15.7. The minimum atomic E-state index is 0.0395. The molecule has 0 heterocycles. The van der Waals surface area contributed by atoms with E-state index in [9.17, 15) is 9.59 Å². The molecule has 0 saturated heterocycles. The van der Waals surface area contributed by atoms with Gasteiger partial charge in [0.05, 0.1) is 0 Å². The van der Waals surface area contributed by atoms with Gasteiger partial charge in [-0.2, -0.15) is 0 Å². The van der Waals surface area contributed by atoms with Crippen LogP contribution in [0, 0.1) is 6.42 Å². The van der Waals surface area contributed by atoms with Gasteiger partial charge in [0.25, 0.3) is 0 Å². The Morgan fingerprint density at radius 2 is 1.44 bits per heavy atom. The Morgan fingerprint density at radius 1 is 0.852 bits per heavy atom. The van der Waals surface area contributed by atoms with E-state index in [4.69, 9.17) is 11.6 Å². The number of carbonyl (C=O) groups is 2. The van der Waals surface area contributed by atoms with Crippen molar-refractivity contribution in [1.29, 1.82) is 0 Å². The molecule has 0 aliphatic heterocycles. The fourth-order valence-electron chi connectivity index (χ4n) is 2.86. The summed E-state index contributed by atoms with van der Waals surface area (Å²) in [5, 5.41) is 6.46. The van der Waals surface area contributed by atoms with E-state index in [1.165, 1.54) is 0 Å². The van der Waals surface area contributed by atoms with Crippen molar-refractivity contribution in [1.82, 2.24) is 5.32 Å². The average Bonchev–Trinajstić information content (AvgIpc) is 2.66. The van der Waals surface area contributed by atoms with Gasteiger partial charge in [-0.05, 0) is 56.0 Å². The van der Waals surface area contributed by atoms with Crippen LogP contribution in [0.3, 0.4) is 0 Å². The zero-order chi connectivity index (χ0) is 19.3. The van der Waals surface area contributed by atoms with Gasteiger partial charge in [0.1, 0.15) is 0 Å². The van der Waals surface area contributed by atoms with Crippen LogP contribution in [-0.2, 0) is 9.59 Å². The number of anilines is 1. The molecule has 4 nitrogen and oxygen atoms in total. The van der Waals surface area contributed by atoms with Gasteiger partial charge in [-0.25, -0.2) is 0 Å². The third-order valence-corrected chi connectivity index (χ3v) is 4.61. The highest BCUT2D eigenvalue weighted by molar-refractivity contribution is 6.30. The number of hydrogen-bond acceptors (Lipinski definition) is 2. The largest absolute Gasteiger partial charge is 0.326 e. The normalized spacial score (nSPS) is 13.1. The van der Waals surface area contributed by atoms with Gasteiger partial charge < -0.3 is 10.6 Å². The molecule has 2 N–H and O–H groups in total. The summed E-state index contributed by atoms with van der Waals surface area (Å²) >= 11 is 5.82. The summed E-state index contributed by atoms with van der Waals surface area (Å²) in [4.78, 5) is 23.7. The van der Waals surface area contributed by atoms with E-state index in [1.54, 1.807) is 24.3 Å². The lowest BCUT2D eigenvalue weighted by atomic mass is 10.1. The van der Waals surface area contributed by atoms with Crippen molar-refractivity contribution in [2.75, 3.05) is 5.32 Å². The molecular weight excluding hydrogens is 360 g/mol. The minimum Gasteiger partial charge on any atom is -0.326 e. The van der Waals surface area contributed by atoms with Crippen LogP contribution in [0.4, 0.5) is 5.69 Å². The van der Waals surface area contributed by atoms with Crippen LogP contribution in [-0.4, -0.2) is 11.8 Å². The standard InChI is InChI=1S/C22H28ClN2O2/c23-18-14-16-20(17-15-18)25-22(27)13-9-4-2-1-3-8-12-21(26)24-19-10-6-5-7-11-19/h5-6,10-11,14-17H,1-4,7-9,12-13H2,(H,24,26)(H,25,27). The lowest BCUT2D eigenvalue weighted by molar-refractivity contribution is -0.120. The van der Waals surface area contributed by atoms with Crippen LogP contribution in [0.5, 0.6) is 0 Å². The van der Waals surface area contributed by atoms with Crippen LogP contribution in [0.2, 0.25) is 5.02 Å². The van der Waals surface area contributed by atoms with Crippen LogP contribution < -0.4 is 10.6 Å². The van der Waals surface area contributed by atoms with E-state index in [2.05, 4.69) is 17.1 Å². The highest BCUT2D eigenvalue weighted by Crippen LogP contribution is 2.14. The molecule has 1 aromatic rings. The molecule has 1 aromatic carbocycles. The molecular formula is C22H28ClN2O2. The van der Waals surface area contributed by atoms with Gasteiger partial charge in [-0.15, -0.1) is 0 Å². The zero-order valence-corrected chi connectivity index (χ0v) is 16.4. The van der Waals surface area contributed by atoms with Gasteiger partial charge in [-0.3, -0.25) is 9.59 Å². The number of nitrogens with one attached hydrogen (secondary N) is 2. The summed E-state index contributed by atoms with van der Waals surface area (Å²) in [6.07, 6.45) is 16.0. The van der Waals surface area contributed by atoms with E-state index in [0.717, 1.165) is 56.3 Å². The molecule has 1 aliphatic rings. The molecule has 0 bridgehead atoms. The Morgan fingerprint density at radius 3 is 2.04 bits per heavy atom. The van der Waals surface area contributed by atoms with Crippen molar-refractivity contribution in [2.24, 2.45) is 0 Å². The number of benzene rings is 1. The molecule has 1 aliphatic carbocycles. The van der Waals surface area contributed by atoms with Crippen LogP contribution in [0.1, 0.15) is 57.8 Å². The lowest BCUT2D eigenvalue weighted by Gasteiger charge is -2.09. The molecule has 0 fully saturated rings. The molecule has 1 radical (unpaired) electrons. The molecule has 0 spiro atoms. The predicted molar refractivity (Wildman–Crippen MR) is 111 cm³/mol. The first kappa shape index (κ1) is 21.2. The van der Waals surface area contributed by atoms with Crippen molar-refractivity contribution in [3.05, 3.63) is 59.6 Å². The summed E-state index contributed by atoms with van der Waals surface area (Å²) in [5.74, 6) is 0.129. The van der Waals surface area contributed by atoms with Gasteiger partial charge in [0.2, 0.25) is 11.8 Å². The number of hydrogen-bond donors (Lipinski definition) is 2. The first-order chi connectivity index (χ1) is 13.1. The first-order valence-electron chi connectivity index (χ1n) is 9.69. The second kappa shape index (κ2) is 12.3. The Kier molecular flexibility index (Phi) is 9.70. The summed E-state index contributed by atoms with van der Waals surface area (Å²) in [5.41, 5.74) is 1.68. The van der Waals surface area contributed by atoms with Crippen molar-refractivity contribution >= 4 is 29.1 Å². The number of unbranched alkanes of at least 4 members (excludes halogenated alkanes) is 5. The van der Waals surface area contributed by atoms with Crippen LogP contribution in [0.15, 0.2) is 48.2 Å². The van der Waals surface area contributed by atoms with Gasteiger partial charge in [0, 0.05) is 29.2 Å². The fourth-order valence-corrected chi connectivity index (χ4v) is 2.99. The Balaban J connectivity index is 1.43. The Bertz CT molecular complexity index is 665. The Hall–Kier alpha value is -2.07. The molecule has 27 heavy (non-hydrogen) atoms. The fraction of sp³-hybridized carbons (Fsp3) is 0.409. The predicted octanol–water partition coefficient (Wildman–Crippen LogP) is 5.56. The van der Waals surface area contributed by atoms with Crippen molar-refractivity contribution in [3.63, 3.8) is 0 Å². The SMILES string of the molecule is O=C(CCCCCCCCC(=O)Nc1ccc(Cl)cc1)NC1=CC[CH]C=C1. The Labute approximate surface area is 167 Å². The first-order valence-corrected chi connectivity index (χ1v) is 10.1. The molecule has 5 heteroatoms. The van der Waals surface area contributed by atoms with Crippen molar-refractivity contribution in [2.45, 2.75) is 57.8 Å². The smallest absolute Gasteiger partial charge is 0.224 e. The molecule has 2 amide bonds. The van der Waals surface area contributed by atoms with Crippen molar-refractivity contribution in [3.8, 4) is 0 Å². The molecule has 0 atom stereocenters. The molecule has 145 valence electrons. The van der Waals surface area contributed by atoms with Gasteiger partial charge in [0.15, 0.2) is 0 Å². The highest BCUT2D eigenvalue weighted by atomic mass is 35.5. The van der Waals surface area contributed by atoms with Gasteiger partial charge in [-0.1, -0.05) is 49.4 Å². The van der Waals surface area contributed by atoms with Crippen LogP contribution in [0.25, 0.3) is 0 Å². The van der Waals surface area contributed by atoms with Crippen molar-refractivity contribution < 1.29 is 9.59 Å². The minimum absolute atomic E-state index is 0.0395. The number of amides is 2. The van der Waals surface area contributed by atoms with E-state index in [-0.39, 0.29) is 11.8 Å². The lowest BCUT2D eigenvalue weighted by Crippen LogP contribution is -2.21. The maximum absolute atomic E-state index is 11.9. The summed E-state index contributed by atoms with van der Waals surface area (Å²) in [6, 6.07) is 7.13. The number of rotatable bonds is 11. The van der Waals surface area contributed by atoms with E-state index >= 15 is 0 Å². The topological polar surface area (TPSA) is 58.2 Å². The third kappa shape index (κ3) is 9.43. The monoisotopic (exact) mass is 387 g/mol.